The fourth-order valence-corrected chi connectivity index (χ4v) is 1.23. The van der Waals surface area contributed by atoms with E-state index in [2.05, 4.69) is 20.8 Å². The molecule has 0 bridgehead atoms. The standard InChI is InChI=1S/C13H17NO2/c1-4-13(2,3)10-9-11-7-5-6-8-12(11)14(15)16/h5-10H,4H2,1-3H3. The molecule has 16 heavy (non-hydrogen) atoms. The Morgan fingerprint density at radius 1 is 1.38 bits per heavy atom. The first kappa shape index (κ1) is 12.4. The monoisotopic (exact) mass is 219 g/mol. The molecule has 86 valence electrons. The van der Waals surface area contributed by atoms with E-state index in [1.54, 1.807) is 12.1 Å². The molecular weight excluding hydrogens is 202 g/mol. The Morgan fingerprint density at radius 3 is 2.56 bits per heavy atom. The van der Waals surface area contributed by atoms with Gasteiger partial charge in [0.15, 0.2) is 0 Å². The summed E-state index contributed by atoms with van der Waals surface area (Å²) in [5, 5.41) is 10.8. The van der Waals surface area contributed by atoms with Crippen LogP contribution >= 0.6 is 0 Å². The minimum absolute atomic E-state index is 0.0731. The van der Waals surface area contributed by atoms with Crippen LogP contribution in [-0.4, -0.2) is 4.92 Å². The van der Waals surface area contributed by atoms with Crippen molar-refractivity contribution in [3.63, 3.8) is 0 Å². The summed E-state index contributed by atoms with van der Waals surface area (Å²) in [5.74, 6) is 0. The van der Waals surface area contributed by atoms with Gasteiger partial charge < -0.3 is 0 Å². The second-order valence-electron chi connectivity index (χ2n) is 4.49. The van der Waals surface area contributed by atoms with Crippen LogP contribution in [0.3, 0.4) is 0 Å². The number of allylic oxidation sites excluding steroid dienone is 1. The van der Waals surface area contributed by atoms with Crippen molar-refractivity contribution in [3.8, 4) is 0 Å². The molecule has 0 radical (unpaired) electrons. The first-order chi connectivity index (χ1) is 7.46. The van der Waals surface area contributed by atoms with Crippen molar-refractivity contribution in [1.29, 1.82) is 0 Å². The molecule has 0 aliphatic carbocycles. The summed E-state index contributed by atoms with van der Waals surface area (Å²) in [4.78, 5) is 10.4. The molecule has 0 fully saturated rings. The number of rotatable bonds is 4. The molecule has 3 nitrogen and oxygen atoms in total. The summed E-state index contributed by atoms with van der Waals surface area (Å²) in [6.45, 7) is 6.32. The molecule has 0 aromatic heterocycles. The minimum Gasteiger partial charge on any atom is -0.258 e. The van der Waals surface area contributed by atoms with Gasteiger partial charge >= 0.3 is 0 Å². The highest BCUT2D eigenvalue weighted by atomic mass is 16.6. The van der Waals surface area contributed by atoms with E-state index in [9.17, 15) is 10.1 Å². The summed E-state index contributed by atoms with van der Waals surface area (Å²) < 4.78 is 0. The molecule has 0 aliphatic rings. The van der Waals surface area contributed by atoms with E-state index in [4.69, 9.17) is 0 Å². The second kappa shape index (κ2) is 4.92. The van der Waals surface area contributed by atoms with Gasteiger partial charge in [0, 0.05) is 6.07 Å². The Kier molecular flexibility index (Phi) is 3.82. The average molecular weight is 219 g/mol. The molecule has 1 rings (SSSR count). The third kappa shape index (κ3) is 3.19. The first-order valence-electron chi connectivity index (χ1n) is 5.39. The first-order valence-corrected chi connectivity index (χ1v) is 5.39. The van der Waals surface area contributed by atoms with E-state index in [0.29, 0.717) is 5.56 Å². The maximum absolute atomic E-state index is 10.8. The van der Waals surface area contributed by atoms with Gasteiger partial charge in [-0.05, 0) is 17.9 Å². The van der Waals surface area contributed by atoms with Gasteiger partial charge in [-0.15, -0.1) is 0 Å². The van der Waals surface area contributed by atoms with Crippen molar-refractivity contribution in [2.75, 3.05) is 0 Å². The zero-order valence-corrected chi connectivity index (χ0v) is 9.93. The SMILES string of the molecule is CCC(C)(C)C=Cc1ccccc1[N+](=O)[O-]. The number of hydrogen-bond acceptors (Lipinski definition) is 2. The number of hydrogen-bond donors (Lipinski definition) is 0. The van der Waals surface area contributed by atoms with Crippen molar-refractivity contribution < 1.29 is 4.92 Å². The van der Waals surface area contributed by atoms with Crippen molar-refractivity contribution in [2.24, 2.45) is 5.41 Å². The zero-order valence-electron chi connectivity index (χ0n) is 9.93. The molecule has 0 spiro atoms. The van der Waals surface area contributed by atoms with E-state index in [1.165, 1.54) is 6.07 Å². The van der Waals surface area contributed by atoms with Gasteiger partial charge in [0.25, 0.3) is 5.69 Å². The van der Waals surface area contributed by atoms with E-state index >= 15 is 0 Å². The van der Waals surface area contributed by atoms with Crippen LogP contribution in [-0.2, 0) is 0 Å². The fourth-order valence-electron chi connectivity index (χ4n) is 1.23. The van der Waals surface area contributed by atoms with Crippen molar-refractivity contribution in [1.82, 2.24) is 0 Å². The fraction of sp³-hybridized carbons (Fsp3) is 0.385. The van der Waals surface area contributed by atoms with Gasteiger partial charge in [0.1, 0.15) is 0 Å². The van der Waals surface area contributed by atoms with Gasteiger partial charge in [0.2, 0.25) is 0 Å². The molecule has 1 aromatic rings. The molecular formula is C13H17NO2. The number of benzene rings is 1. The van der Waals surface area contributed by atoms with Crippen molar-refractivity contribution in [2.45, 2.75) is 27.2 Å². The minimum atomic E-state index is -0.349. The van der Waals surface area contributed by atoms with Gasteiger partial charge in [-0.2, -0.15) is 0 Å². The summed E-state index contributed by atoms with van der Waals surface area (Å²) in [6.07, 6.45) is 4.86. The lowest BCUT2D eigenvalue weighted by Gasteiger charge is -2.16. The number of nitro groups is 1. The molecule has 0 unspecified atom stereocenters. The topological polar surface area (TPSA) is 43.1 Å². The molecule has 0 saturated carbocycles. The van der Waals surface area contributed by atoms with Crippen LogP contribution in [0.2, 0.25) is 0 Å². The number of nitrogens with zero attached hydrogens (tertiary/aromatic N) is 1. The van der Waals surface area contributed by atoms with E-state index in [1.807, 2.05) is 18.2 Å². The molecule has 0 amide bonds. The van der Waals surface area contributed by atoms with E-state index < -0.39 is 0 Å². The smallest absolute Gasteiger partial charge is 0.258 e. The Hall–Kier alpha value is -1.64. The average Bonchev–Trinajstić information content (AvgIpc) is 2.27. The van der Waals surface area contributed by atoms with Crippen LogP contribution in [0.1, 0.15) is 32.8 Å². The van der Waals surface area contributed by atoms with Gasteiger partial charge in [-0.25, -0.2) is 0 Å². The van der Waals surface area contributed by atoms with Gasteiger partial charge in [-0.1, -0.05) is 45.1 Å². The molecule has 3 heteroatoms. The van der Waals surface area contributed by atoms with E-state index in [0.717, 1.165) is 6.42 Å². The van der Waals surface area contributed by atoms with E-state index in [-0.39, 0.29) is 16.0 Å². The second-order valence-corrected chi connectivity index (χ2v) is 4.49. The maximum Gasteiger partial charge on any atom is 0.276 e. The number of nitro benzene ring substituents is 1. The predicted octanol–water partition coefficient (Wildman–Crippen LogP) is 4.04. The Morgan fingerprint density at radius 2 is 2.00 bits per heavy atom. The van der Waals surface area contributed by atoms with Crippen LogP contribution in [0.15, 0.2) is 30.3 Å². The Bertz CT molecular complexity index is 408. The quantitative estimate of drug-likeness (QED) is 0.566. The molecule has 0 saturated heterocycles. The Balaban J connectivity index is 3.02. The summed E-state index contributed by atoms with van der Waals surface area (Å²) in [7, 11) is 0. The molecule has 0 aliphatic heterocycles. The lowest BCUT2D eigenvalue weighted by atomic mass is 9.89. The summed E-state index contributed by atoms with van der Waals surface area (Å²) in [6, 6.07) is 6.78. The molecule has 0 N–H and O–H groups in total. The van der Waals surface area contributed by atoms with Crippen LogP contribution < -0.4 is 0 Å². The highest BCUT2D eigenvalue weighted by molar-refractivity contribution is 5.61. The summed E-state index contributed by atoms with van der Waals surface area (Å²) >= 11 is 0. The normalized spacial score (nSPS) is 11.9. The molecule has 1 aromatic carbocycles. The molecule has 0 heterocycles. The van der Waals surface area contributed by atoms with Gasteiger partial charge in [0.05, 0.1) is 10.5 Å². The van der Waals surface area contributed by atoms with Crippen molar-refractivity contribution in [3.05, 3.63) is 46.0 Å². The lowest BCUT2D eigenvalue weighted by Crippen LogP contribution is -2.04. The van der Waals surface area contributed by atoms with Crippen LogP contribution in [0, 0.1) is 15.5 Å². The number of para-hydroxylation sites is 1. The van der Waals surface area contributed by atoms with Crippen LogP contribution in [0.4, 0.5) is 5.69 Å². The highest BCUT2D eigenvalue weighted by Gasteiger charge is 2.13. The largest absolute Gasteiger partial charge is 0.276 e. The van der Waals surface area contributed by atoms with Crippen molar-refractivity contribution >= 4 is 11.8 Å². The van der Waals surface area contributed by atoms with Crippen LogP contribution in [0.25, 0.3) is 6.08 Å². The third-order valence-corrected chi connectivity index (χ3v) is 2.76. The lowest BCUT2D eigenvalue weighted by molar-refractivity contribution is -0.385. The summed E-state index contributed by atoms with van der Waals surface area (Å²) in [5.41, 5.74) is 0.892. The molecule has 0 atom stereocenters. The highest BCUT2D eigenvalue weighted by Crippen LogP contribution is 2.25. The predicted molar refractivity (Wildman–Crippen MR) is 66.2 cm³/mol. The zero-order chi connectivity index (χ0) is 12.2. The maximum atomic E-state index is 10.8. The Labute approximate surface area is 95.9 Å². The van der Waals surface area contributed by atoms with Gasteiger partial charge in [-0.3, -0.25) is 10.1 Å². The van der Waals surface area contributed by atoms with Crippen LogP contribution in [0.5, 0.6) is 0 Å². The third-order valence-electron chi connectivity index (χ3n) is 2.76.